The van der Waals surface area contributed by atoms with Crippen LogP contribution < -0.4 is 16.0 Å². The number of hydrogen-bond donors (Lipinski definition) is 6. The molecule has 28 heteroatoms. The number of allylic oxidation sites excluding steroid dienone is 2. The molecule has 0 unspecified atom stereocenters. The number of rotatable bonds is 36. The zero-order valence-corrected chi connectivity index (χ0v) is 55.2. The molecule has 3 aromatic heterocycles. The number of morpholine rings is 1. The maximum Gasteiger partial charge on any atom is 0.330 e. The summed E-state index contributed by atoms with van der Waals surface area (Å²) in [6.45, 7) is 17.7. The van der Waals surface area contributed by atoms with Crippen molar-refractivity contribution in [1.29, 1.82) is 0 Å². The summed E-state index contributed by atoms with van der Waals surface area (Å²) >= 11 is 0. The third-order valence-corrected chi connectivity index (χ3v) is 17.0. The van der Waals surface area contributed by atoms with Crippen molar-refractivity contribution >= 4 is 92.6 Å². The average Bonchev–Trinajstić information content (AvgIpc) is 1.60. The maximum atomic E-state index is 15.1. The molecule has 0 spiro atoms. The first kappa shape index (κ1) is 72.5. The summed E-state index contributed by atoms with van der Waals surface area (Å²) in [4.78, 5) is 139. The van der Waals surface area contributed by atoms with Gasteiger partial charge in [-0.1, -0.05) is 13.8 Å². The number of aliphatic hydroxyl groups is 1. The lowest BCUT2D eigenvalue weighted by Crippen LogP contribution is -2.52. The summed E-state index contributed by atoms with van der Waals surface area (Å²) in [5.41, 5.74) is 9.27. The molecule has 514 valence electrons. The lowest BCUT2D eigenvalue weighted by atomic mass is 9.84. The topological polar surface area (TPSA) is 351 Å². The molecule has 8 heterocycles. The molecule has 8 rings (SSSR count). The largest absolute Gasteiger partial charge is 0.463 e. The third kappa shape index (κ3) is 19.2. The van der Waals surface area contributed by atoms with E-state index < -0.39 is 59.5 Å². The van der Waals surface area contributed by atoms with Gasteiger partial charge in [-0.2, -0.15) is 0 Å². The highest BCUT2D eigenvalue weighted by Gasteiger charge is 2.41. The Morgan fingerprint density at radius 3 is 2.01 bits per heavy atom. The Kier molecular flexibility index (Phi) is 27.0. The van der Waals surface area contributed by atoms with Crippen LogP contribution in [0, 0.1) is 13.8 Å². The monoisotopic (exact) mass is 1320 g/mol. The number of aliphatic hydroxyl groups excluding tert-OH is 1. The lowest BCUT2D eigenvalue weighted by Gasteiger charge is -2.31. The Hall–Kier alpha value is -8.35. The number of aromatic nitrogens is 4. The zero-order chi connectivity index (χ0) is 68.1. The second-order valence-corrected chi connectivity index (χ2v) is 23.4. The molecule has 1 fully saturated rings. The first-order chi connectivity index (χ1) is 45.8. The Labute approximate surface area is 550 Å². The molecule has 7 amide bonds. The summed E-state index contributed by atoms with van der Waals surface area (Å²) < 4.78 is 43.7. The number of aromatic amines is 2. The van der Waals surface area contributed by atoms with E-state index in [9.17, 15) is 43.5 Å². The van der Waals surface area contributed by atoms with E-state index in [0.29, 0.717) is 127 Å². The van der Waals surface area contributed by atoms with E-state index >= 15 is 4.79 Å². The quantitative estimate of drug-likeness (QED) is 0.0210. The summed E-state index contributed by atoms with van der Waals surface area (Å²) in [5.74, 6) is -5.06. The average molecular weight is 1320 g/mol. The van der Waals surface area contributed by atoms with Crippen LogP contribution in [0.3, 0.4) is 0 Å². The fourth-order valence-corrected chi connectivity index (χ4v) is 11.6. The molecule has 5 aliphatic heterocycles. The van der Waals surface area contributed by atoms with E-state index in [0.717, 1.165) is 21.6 Å². The van der Waals surface area contributed by atoms with Crippen molar-refractivity contribution in [1.82, 2.24) is 50.6 Å². The minimum atomic E-state index is -0.934. The third-order valence-electron chi connectivity index (χ3n) is 17.0. The van der Waals surface area contributed by atoms with E-state index in [1.165, 1.54) is 37.0 Å². The molecule has 1 saturated heterocycles. The predicted molar refractivity (Wildman–Crippen MR) is 347 cm³/mol. The number of esters is 2. The van der Waals surface area contributed by atoms with E-state index in [1.54, 1.807) is 6.08 Å². The fraction of sp³-hybridized carbons (Fsp3) is 0.537. The highest BCUT2D eigenvalue weighted by molar-refractivity contribution is 6.23. The number of ether oxygens (including phenoxy) is 8. The van der Waals surface area contributed by atoms with Gasteiger partial charge < -0.3 is 68.9 Å². The Morgan fingerprint density at radius 1 is 0.684 bits per heavy atom. The van der Waals surface area contributed by atoms with Gasteiger partial charge in [0.05, 0.1) is 126 Å². The van der Waals surface area contributed by atoms with E-state index in [1.807, 2.05) is 52.8 Å². The van der Waals surface area contributed by atoms with Gasteiger partial charge >= 0.3 is 11.9 Å². The normalized spacial score (nSPS) is 17.1. The van der Waals surface area contributed by atoms with Crippen molar-refractivity contribution in [2.75, 3.05) is 138 Å². The summed E-state index contributed by atoms with van der Waals surface area (Å²) in [6.07, 6.45) is 6.28. The molecule has 95 heavy (non-hydrogen) atoms. The number of imide groups is 2. The van der Waals surface area contributed by atoms with Crippen LogP contribution in [0.5, 0.6) is 0 Å². The molecular weight excluding hydrogens is 1230 g/mol. The smallest absolute Gasteiger partial charge is 0.330 e. The van der Waals surface area contributed by atoms with Crippen LogP contribution in [0.4, 0.5) is 0 Å². The van der Waals surface area contributed by atoms with Crippen LogP contribution in [-0.2, 0) is 71.5 Å². The minimum absolute atomic E-state index is 0.00539. The van der Waals surface area contributed by atoms with Crippen molar-refractivity contribution in [3.8, 4) is 0 Å². The summed E-state index contributed by atoms with van der Waals surface area (Å²) in [7, 11) is 0. The van der Waals surface area contributed by atoms with Gasteiger partial charge in [0, 0.05) is 103 Å². The number of H-pyrrole nitrogens is 2. The lowest BCUT2D eigenvalue weighted by molar-refractivity contribution is -0.145. The minimum Gasteiger partial charge on any atom is -0.463 e. The molecule has 0 radical (unpaired) electrons. The van der Waals surface area contributed by atoms with Crippen molar-refractivity contribution < 1.29 is 86.2 Å². The van der Waals surface area contributed by atoms with Gasteiger partial charge in [-0.15, -0.1) is 0 Å². The van der Waals surface area contributed by atoms with Crippen LogP contribution in [-0.4, -0.2) is 243 Å². The number of carbonyl (C=O) groups excluding carboxylic acids is 9. The van der Waals surface area contributed by atoms with Gasteiger partial charge in [0.2, 0.25) is 17.7 Å². The molecule has 0 saturated carbocycles. The molecular formula is C67H88N10O18. The Balaban J connectivity index is 0.831. The van der Waals surface area contributed by atoms with Gasteiger partial charge in [0.15, 0.2) is 0 Å². The fourth-order valence-electron chi connectivity index (χ4n) is 11.6. The van der Waals surface area contributed by atoms with Crippen molar-refractivity contribution in [2.24, 2.45) is 0 Å². The Morgan fingerprint density at radius 2 is 1.32 bits per heavy atom. The van der Waals surface area contributed by atoms with Crippen LogP contribution >= 0.6 is 0 Å². The number of carbonyl (C=O) groups is 9. The van der Waals surface area contributed by atoms with Gasteiger partial charge in [0.1, 0.15) is 25.3 Å². The standard InChI is InChI=1S/C67H88N10O18/c1-8-46-40(2)50-38-54-47(9-13-59(83)95-36-35-89-24-16-68-64(84)44(6)70-65(85)45(7)69-55(79)15-23-88-29-31-92-33-34-93-32-30-91-27-21-76-56(80)11-12-57(76)81)41(3)49(72-54)37-51-42(4)48(10-14-58(82)94-28-22-78)62(73-51)61-63-60(43(5)52(74-63)39-53(46)71-50)66(86)77(67(61)87)18-17-75-19-25-90-26-20-75/h9,11-13,37-39,42,44-45,48,72,74,78H,8,10,14-36H2,1-7H3,(H,68,84)(H,69,79)(H,70,85)/b13-9+,49-37?,50-38?,51-37?,52-39?,53-39?,54-38?,62-61?/t42-,44-,45-,48-/m0/s1. The number of amides is 7. The van der Waals surface area contributed by atoms with Crippen molar-refractivity contribution in [3.05, 3.63) is 87.0 Å². The number of nitrogens with zero attached hydrogens (tertiary/aromatic N) is 5. The van der Waals surface area contributed by atoms with Crippen LogP contribution in [0.15, 0.2) is 36.4 Å². The molecule has 0 aromatic carbocycles. The van der Waals surface area contributed by atoms with E-state index in [4.69, 9.17) is 47.9 Å². The van der Waals surface area contributed by atoms with Crippen LogP contribution in [0.25, 0.3) is 39.3 Å². The number of hydrogen-bond acceptors (Lipinski definition) is 21. The van der Waals surface area contributed by atoms with Gasteiger partial charge in [-0.05, 0) is 94.0 Å². The molecule has 28 nitrogen and oxygen atoms in total. The second kappa shape index (κ2) is 35.4. The molecule has 4 atom stereocenters. The predicted octanol–water partition coefficient (Wildman–Crippen LogP) is 3.48. The second-order valence-electron chi connectivity index (χ2n) is 23.4. The van der Waals surface area contributed by atoms with Gasteiger partial charge in [-0.25, -0.2) is 9.78 Å². The van der Waals surface area contributed by atoms with Crippen LogP contribution in [0.1, 0.15) is 132 Å². The maximum absolute atomic E-state index is 15.1. The molecule has 8 bridgehead atoms. The summed E-state index contributed by atoms with van der Waals surface area (Å²) in [5, 5.41) is 17.3. The first-order valence-electron chi connectivity index (χ1n) is 32.4. The van der Waals surface area contributed by atoms with Gasteiger partial charge in [0.25, 0.3) is 23.6 Å². The summed E-state index contributed by atoms with van der Waals surface area (Å²) in [6, 6.07) is 3.88. The Bertz CT molecular complexity index is 3570. The van der Waals surface area contributed by atoms with Crippen molar-refractivity contribution in [2.45, 2.75) is 98.1 Å². The van der Waals surface area contributed by atoms with E-state index in [2.05, 4.69) is 30.8 Å². The number of fused-ring (bicyclic) bond motifs is 8. The zero-order valence-electron chi connectivity index (χ0n) is 55.2. The molecule has 0 aliphatic carbocycles. The van der Waals surface area contributed by atoms with E-state index in [-0.39, 0.29) is 122 Å². The first-order valence-corrected chi connectivity index (χ1v) is 32.4. The molecule has 5 aliphatic rings. The SMILES string of the molecule is CCC1=C(C)c2cc3[nH]c(cc4nc(c5c6[nH]c(cc1n2)c(C)c6C(=O)N(CCN1CCOCC1)C5=O)[C@@H](CCC(=O)OCCO)[C@@H]4C)c(C)c3/C=C/C(=O)OCCOCCNC(=O)[C@H](C)NC(=O)[C@H](C)NC(=O)CCOCCOCCOCCOCCN1C(=O)C=CC1=O. The van der Waals surface area contributed by atoms with Crippen molar-refractivity contribution in [3.63, 3.8) is 0 Å². The number of nitrogens with one attached hydrogen (secondary N) is 5. The highest BCUT2D eigenvalue weighted by atomic mass is 16.6. The van der Waals surface area contributed by atoms with Crippen LogP contribution in [0.2, 0.25) is 0 Å². The molecule has 3 aromatic rings. The van der Waals surface area contributed by atoms with Gasteiger partial charge in [-0.3, -0.25) is 58.0 Å². The molecule has 6 N–H and O–H groups in total. The number of aryl methyl sites for hydroxylation is 2. The highest BCUT2D eigenvalue weighted by Crippen LogP contribution is 2.44.